The normalized spacial score (nSPS) is 16.2. The number of hydrogen-bond donors (Lipinski definition) is 0. The fraction of sp³-hybridized carbons (Fsp3) is 0.0909. The summed E-state index contributed by atoms with van der Waals surface area (Å²) >= 11 is 0. The number of para-hydroxylation sites is 1. The molecule has 1 heteroatoms. The maximum atomic E-state index is 6.17. The van der Waals surface area contributed by atoms with Crippen LogP contribution in [0.2, 0.25) is 0 Å². The third-order valence-corrected chi connectivity index (χ3v) is 4.37. The van der Waals surface area contributed by atoms with Crippen LogP contribution in [0.3, 0.4) is 0 Å². The highest BCUT2D eigenvalue weighted by Gasteiger charge is 2.24. The molecule has 3 aromatic carbocycles. The number of benzene rings is 3. The Labute approximate surface area is 136 Å². The SMILES string of the molecule is Cc1ccccc1[C@@H]1C=C(c2ccccc2)Oc2ccccc21. The molecule has 0 radical (unpaired) electrons. The molecular weight excluding hydrogens is 280 g/mol. The second kappa shape index (κ2) is 5.77. The van der Waals surface area contributed by atoms with Gasteiger partial charge < -0.3 is 4.74 Å². The van der Waals surface area contributed by atoms with E-state index in [-0.39, 0.29) is 5.92 Å². The fourth-order valence-electron chi connectivity index (χ4n) is 3.17. The van der Waals surface area contributed by atoms with Crippen molar-refractivity contribution in [3.63, 3.8) is 0 Å². The van der Waals surface area contributed by atoms with E-state index in [1.54, 1.807) is 0 Å². The van der Waals surface area contributed by atoms with Gasteiger partial charge in [-0.2, -0.15) is 0 Å². The van der Waals surface area contributed by atoms with Crippen molar-refractivity contribution >= 4 is 5.76 Å². The van der Waals surface area contributed by atoms with Crippen LogP contribution in [0.4, 0.5) is 0 Å². The van der Waals surface area contributed by atoms with Crippen LogP contribution in [-0.2, 0) is 0 Å². The third-order valence-electron chi connectivity index (χ3n) is 4.37. The smallest absolute Gasteiger partial charge is 0.131 e. The first-order valence-corrected chi connectivity index (χ1v) is 7.92. The topological polar surface area (TPSA) is 9.23 Å². The largest absolute Gasteiger partial charge is 0.457 e. The highest BCUT2D eigenvalue weighted by molar-refractivity contribution is 5.68. The van der Waals surface area contributed by atoms with Gasteiger partial charge >= 0.3 is 0 Å². The van der Waals surface area contributed by atoms with Gasteiger partial charge in [-0.05, 0) is 30.2 Å². The molecule has 0 amide bonds. The average Bonchev–Trinajstić information content (AvgIpc) is 2.62. The highest BCUT2D eigenvalue weighted by atomic mass is 16.5. The summed E-state index contributed by atoms with van der Waals surface area (Å²) in [6, 6.07) is 27.2. The Balaban J connectivity index is 1.88. The number of aryl methyl sites for hydroxylation is 1. The van der Waals surface area contributed by atoms with E-state index in [1.807, 2.05) is 24.3 Å². The molecule has 1 aliphatic rings. The Kier molecular flexibility index (Phi) is 3.47. The van der Waals surface area contributed by atoms with Gasteiger partial charge in [-0.3, -0.25) is 0 Å². The van der Waals surface area contributed by atoms with E-state index in [2.05, 4.69) is 67.6 Å². The summed E-state index contributed by atoms with van der Waals surface area (Å²) in [4.78, 5) is 0. The van der Waals surface area contributed by atoms with Gasteiger partial charge in [0.15, 0.2) is 0 Å². The molecule has 0 fully saturated rings. The number of ether oxygens (including phenoxy) is 1. The van der Waals surface area contributed by atoms with Crippen molar-refractivity contribution in [3.8, 4) is 5.75 Å². The summed E-state index contributed by atoms with van der Waals surface area (Å²) in [5.74, 6) is 2.09. The van der Waals surface area contributed by atoms with Crippen LogP contribution in [0.5, 0.6) is 5.75 Å². The van der Waals surface area contributed by atoms with E-state index in [0.717, 1.165) is 17.1 Å². The van der Waals surface area contributed by atoms with Gasteiger partial charge in [0.25, 0.3) is 0 Å². The minimum atomic E-state index is 0.219. The summed E-state index contributed by atoms with van der Waals surface area (Å²) in [5.41, 5.74) is 4.97. The van der Waals surface area contributed by atoms with Gasteiger partial charge in [-0.1, -0.05) is 72.8 Å². The summed E-state index contributed by atoms with van der Waals surface area (Å²) in [6.45, 7) is 2.17. The van der Waals surface area contributed by atoms with Gasteiger partial charge in [-0.15, -0.1) is 0 Å². The number of allylic oxidation sites excluding steroid dienone is 1. The van der Waals surface area contributed by atoms with Gasteiger partial charge in [0, 0.05) is 17.0 Å². The van der Waals surface area contributed by atoms with Crippen LogP contribution in [0.25, 0.3) is 5.76 Å². The lowest BCUT2D eigenvalue weighted by Gasteiger charge is -2.26. The van der Waals surface area contributed by atoms with Crippen molar-refractivity contribution in [2.45, 2.75) is 12.8 Å². The van der Waals surface area contributed by atoms with Crippen LogP contribution in [-0.4, -0.2) is 0 Å². The molecule has 3 aromatic rings. The summed E-state index contributed by atoms with van der Waals surface area (Å²) in [5, 5.41) is 0. The first-order valence-electron chi connectivity index (χ1n) is 7.92. The molecule has 1 aliphatic heterocycles. The lowest BCUT2D eigenvalue weighted by Crippen LogP contribution is -2.11. The van der Waals surface area contributed by atoms with E-state index in [1.165, 1.54) is 16.7 Å². The molecule has 4 rings (SSSR count). The molecule has 1 nitrogen and oxygen atoms in total. The molecule has 1 heterocycles. The minimum absolute atomic E-state index is 0.219. The van der Waals surface area contributed by atoms with Crippen molar-refractivity contribution in [1.82, 2.24) is 0 Å². The van der Waals surface area contributed by atoms with E-state index < -0.39 is 0 Å². The van der Waals surface area contributed by atoms with Gasteiger partial charge in [-0.25, -0.2) is 0 Å². The van der Waals surface area contributed by atoms with Crippen molar-refractivity contribution in [1.29, 1.82) is 0 Å². The zero-order valence-corrected chi connectivity index (χ0v) is 13.1. The summed E-state index contributed by atoms with van der Waals surface area (Å²) < 4.78 is 6.17. The van der Waals surface area contributed by atoms with Crippen molar-refractivity contribution in [2.24, 2.45) is 0 Å². The van der Waals surface area contributed by atoms with Gasteiger partial charge in [0.1, 0.15) is 11.5 Å². The zero-order chi connectivity index (χ0) is 15.6. The lowest BCUT2D eigenvalue weighted by molar-refractivity contribution is 0.492. The summed E-state index contributed by atoms with van der Waals surface area (Å²) in [6.07, 6.45) is 2.24. The van der Waals surface area contributed by atoms with Gasteiger partial charge in [0.2, 0.25) is 0 Å². The second-order valence-electron chi connectivity index (χ2n) is 5.87. The van der Waals surface area contributed by atoms with E-state index in [0.29, 0.717) is 0 Å². The van der Waals surface area contributed by atoms with E-state index in [9.17, 15) is 0 Å². The number of rotatable bonds is 2. The van der Waals surface area contributed by atoms with Crippen molar-refractivity contribution in [3.05, 3.63) is 107 Å². The quantitative estimate of drug-likeness (QED) is 0.602. The van der Waals surface area contributed by atoms with Crippen molar-refractivity contribution in [2.75, 3.05) is 0 Å². The Morgan fingerprint density at radius 3 is 2.13 bits per heavy atom. The predicted molar refractivity (Wildman–Crippen MR) is 94.5 cm³/mol. The van der Waals surface area contributed by atoms with Crippen LogP contribution in [0.1, 0.15) is 28.2 Å². The molecular formula is C22H18O. The first kappa shape index (κ1) is 13.8. The molecule has 0 saturated heterocycles. The fourth-order valence-corrected chi connectivity index (χ4v) is 3.17. The van der Waals surface area contributed by atoms with Crippen LogP contribution in [0, 0.1) is 6.92 Å². The monoisotopic (exact) mass is 298 g/mol. The molecule has 0 bridgehead atoms. The summed E-state index contributed by atoms with van der Waals surface area (Å²) in [7, 11) is 0. The van der Waals surface area contributed by atoms with Crippen LogP contribution < -0.4 is 4.74 Å². The molecule has 0 aromatic heterocycles. The minimum Gasteiger partial charge on any atom is -0.457 e. The first-order chi connectivity index (χ1) is 11.3. The molecule has 1 atom stereocenters. The van der Waals surface area contributed by atoms with Crippen molar-refractivity contribution < 1.29 is 4.74 Å². The Bertz CT molecular complexity index is 862. The highest BCUT2D eigenvalue weighted by Crippen LogP contribution is 2.41. The molecule has 0 N–H and O–H groups in total. The van der Waals surface area contributed by atoms with E-state index in [4.69, 9.17) is 4.74 Å². The molecule has 0 unspecified atom stereocenters. The van der Waals surface area contributed by atoms with Crippen LogP contribution in [0.15, 0.2) is 84.9 Å². The Hall–Kier alpha value is -2.80. The third kappa shape index (κ3) is 2.55. The maximum Gasteiger partial charge on any atom is 0.131 e. The molecule has 112 valence electrons. The molecule has 23 heavy (non-hydrogen) atoms. The molecule has 0 aliphatic carbocycles. The average molecular weight is 298 g/mol. The lowest BCUT2D eigenvalue weighted by atomic mass is 9.85. The second-order valence-corrected chi connectivity index (χ2v) is 5.87. The number of fused-ring (bicyclic) bond motifs is 1. The van der Waals surface area contributed by atoms with E-state index >= 15 is 0 Å². The Morgan fingerprint density at radius 2 is 1.35 bits per heavy atom. The molecule has 0 saturated carbocycles. The van der Waals surface area contributed by atoms with Gasteiger partial charge in [0.05, 0.1) is 0 Å². The Morgan fingerprint density at radius 1 is 0.696 bits per heavy atom. The number of hydrogen-bond acceptors (Lipinski definition) is 1. The maximum absolute atomic E-state index is 6.17. The standard InChI is InChI=1S/C22H18O/c1-16-9-5-6-12-18(16)20-15-22(17-10-3-2-4-11-17)23-21-14-8-7-13-19(20)21/h2-15,20H,1H3/t20-/m0/s1. The zero-order valence-electron chi connectivity index (χ0n) is 13.1. The predicted octanol–water partition coefficient (Wildman–Crippen LogP) is 5.56. The van der Waals surface area contributed by atoms with Crippen LogP contribution >= 0.6 is 0 Å². The molecule has 0 spiro atoms.